The minimum atomic E-state index is 0.296. The van der Waals surface area contributed by atoms with Crippen molar-refractivity contribution in [3.8, 4) is 0 Å². The first-order valence-electron chi connectivity index (χ1n) is 7.26. The third kappa shape index (κ3) is 6.69. The second kappa shape index (κ2) is 8.10. The summed E-state index contributed by atoms with van der Waals surface area (Å²) in [6, 6.07) is 0. The van der Waals surface area contributed by atoms with Gasteiger partial charge in [0.25, 0.3) is 0 Å². The van der Waals surface area contributed by atoms with E-state index in [0.717, 1.165) is 32.5 Å². The molecule has 1 aliphatic rings. The smallest absolute Gasteiger partial charge is 0.0431 e. The van der Waals surface area contributed by atoms with Crippen LogP contribution >= 0.6 is 0 Å². The highest BCUT2D eigenvalue weighted by atomic mass is 16.2. The number of aliphatic hydroxyl groups is 1. The molecule has 4 heteroatoms. The predicted octanol–water partition coefficient (Wildman–Crippen LogP) is 0.622. The van der Waals surface area contributed by atoms with Crippen molar-refractivity contribution in [2.24, 2.45) is 5.41 Å². The minimum absolute atomic E-state index is 0.296. The molecular weight excluding hydrogens is 226 g/mol. The maximum atomic E-state index is 8.86. The van der Waals surface area contributed by atoms with E-state index in [-0.39, 0.29) is 0 Å². The highest BCUT2D eigenvalue weighted by Gasteiger charge is 2.17. The Hall–Kier alpha value is -0.160. The number of nitrogens with zero attached hydrogens (tertiary/aromatic N) is 2. The van der Waals surface area contributed by atoms with Crippen molar-refractivity contribution in [2.75, 3.05) is 59.5 Å². The molecule has 0 aromatic carbocycles. The molecule has 0 saturated carbocycles. The number of nitrogens with one attached hydrogen (secondary N) is 1. The van der Waals surface area contributed by atoms with Crippen LogP contribution in [-0.4, -0.2) is 74.4 Å². The van der Waals surface area contributed by atoms with Crippen LogP contribution < -0.4 is 5.32 Å². The Morgan fingerprint density at radius 2 is 1.83 bits per heavy atom. The summed E-state index contributed by atoms with van der Waals surface area (Å²) < 4.78 is 0. The van der Waals surface area contributed by atoms with Gasteiger partial charge in [0.2, 0.25) is 0 Å². The topological polar surface area (TPSA) is 38.7 Å². The van der Waals surface area contributed by atoms with Crippen molar-refractivity contribution in [1.29, 1.82) is 0 Å². The van der Waals surface area contributed by atoms with Crippen molar-refractivity contribution in [3.05, 3.63) is 0 Å². The van der Waals surface area contributed by atoms with E-state index in [1.54, 1.807) is 0 Å². The van der Waals surface area contributed by atoms with Crippen LogP contribution in [0.15, 0.2) is 0 Å². The second-order valence-electron chi connectivity index (χ2n) is 6.31. The molecule has 2 N–H and O–H groups in total. The predicted molar refractivity (Wildman–Crippen MR) is 76.9 cm³/mol. The van der Waals surface area contributed by atoms with Gasteiger partial charge in [0, 0.05) is 52.4 Å². The number of aliphatic hydroxyl groups excluding tert-OH is 1. The summed E-state index contributed by atoms with van der Waals surface area (Å²) in [7, 11) is 2.19. The van der Waals surface area contributed by atoms with Crippen LogP contribution in [0.1, 0.15) is 26.7 Å². The zero-order valence-electron chi connectivity index (χ0n) is 12.4. The van der Waals surface area contributed by atoms with Gasteiger partial charge in [-0.05, 0) is 25.3 Å². The fourth-order valence-corrected chi connectivity index (χ4v) is 2.38. The summed E-state index contributed by atoms with van der Waals surface area (Å²) in [5.41, 5.74) is 0.296. The number of rotatable bonds is 8. The van der Waals surface area contributed by atoms with Crippen LogP contribution in [0.25, 0.3) is 0 Å². The standard InChI is InChI=1S/C14H31N3O/c1-14(2,5-4-12-18)13-15-6-7-17-10-8-16(3)9-11-17/h15,18H,4-13H2,1-3H3. The van der Waals surface area contributed by atoms with Crippen LogP contribution in [0.5, 0.6) is 0 Å². The van der Waals surface area contributed by atoms with Crippen LogP contribution in [-0.2, 0) is 0 Å². The van der Waals surface area contributed by atoms with E-state index in [1.165, 1.54) is 26.2 Å². The van der Waals surface area contributed by atoms with E-state index < -0.39 is 0 Å². The molecule has 0 aliphatic carbocycles. The summed E-state index contributed by atoms with van der Waals surface area (Å²) in [5, 5.41) is 12.4. The fourth-order valence-electron chi connectivity index (χ4n) is 2.38. The largest absolute Gasteiger partial charge is 0.396 e. The van der Waals surface area contributed by atoms with Crippen molar-refractivity contribution in [1.82, 2.24) is 15.1 Å². The van der Waals surface area contributed by atoms with Crippen molar-refractivity contribution in [2.45, 2.75) is 26.7 Å². The molecule has 1 rings (SSSR count). The van der Waals surface area contributed by atoms with Crippen LogP contribution in [0.4, 0.5) is 0 Å². The highest BCUT2D eigenvalue weighted by molar-refractivity contribution is 4.73. The molecule has 0 amide bonds. The molecule has 18 heavy (non-hydrogen) atoms. The number of likely N-dealkylation sites (N-methyl/N-ethyl adjacent to an activating group) is 1. The lowest BCUT2D eigenvalue weighted by atomic mass is 9.88. The summed E-state index contributed by atoms with van der Waals surface area (Å²) in [6.45, 7) is 12.9. The highest BCUT2D eigenvalue weighted by Crippen LogP contribution is 2.20. The van der Waals surface area contributed by atoms with E-state index in [0.29, 0.717) is 12.0 Å². The summed E-state index contributed by atoms with van der Waals surface area (Å²) in [5.74, 6) is 0. The van der Waals surface area contributed by atoms with Gasteiger partial charge in [-0.3, -0.25) is 4.90 Å². The molecule has 0 spiro atoms. The average Bonchev–Trinajstić information content (AvgIpc) is 2.34. The van der Waals surface area contributed by atoms with E-state index in [9.17, 15) is 0 Å². The summed E-state index contributed by atoms with van der Waals surface area (Å²) >= 11 is 0. The van der Waals surface area contributed by atoms with Gasteiger partial charge in [-0.15, -0.1) is 0 Å². The molecular formula is C14H31N3O. The normalized spacial score (nSPS) is 19.3. The van der Waals surface area contributed by atoms with Crippen molar-refractivity contribution in [3.63, 3.8) is 0 Å². The molecule has 1 aliphatic heterocycles. The average molecular weight is 257 g/mol. The molecule has 0 aromatic heterocycles. The zero-order chi connectivity index (χ0) is 13.4. The lowest BCUT2D eigenvalue weighted by Gasteiger charge is -2.32. The molecule has 0 radical (unpaired) electrons. The van der Waals surface area contributed by atoms with Gasteiger partial charge in [-0.2, -0.15) is 0 Å². The zero-order valence-corrected chi connectivity index (χ0v) is 12.4. The maximum Gasteiger partial charge on any atom is 0.0431 e. The first-order chi connectivity index (χ1) is 8.53. The Balaban J connectivity index is 2.04. The van der Waals surface area contributed by atoms with Gasteiger partial charge >= 0.3 is 0 Å². The van der Waals surface area contributed by atoms with Gasteiger partial charge in [0.1, 0.15) is 0 Å². The quantitative estimate of drug-likeness (QED) is 0.625. The van der Waals surface area contributed by atoms with E-state index >= 15 is 0 Å². The Kier molecular flexibility index (Phi) is 7.15. The third-order valence-corrected chi connectivity index (χ3v) is 3.82. The van der Waals surface area contributed by atoms with Gasteiger partial charge in [0.05, 0.1) is 0 Å². The second-order valence-corrected chi connectivity index (χ2v) is 6.31. The number of hydrogen-bond donors (Lipinski definition) is 2. The molecule has 4 nitrogen and oxygen atoms in total. The molecule has 0 atom stereocenters. The Morgan fingerprint density at radius 3 is 2.44 bits per heavy atom. The third-order valence-electron chi connectivity index (χ3n) is 3.82. The van der Waals surface area contributed by atoms with Gasteiger partial charge in [-0.25, -0.2) is 0 Å². The fraction of sp³-hybridized carbons (Fsp3) is 1.00. The first kappa shape index (κ1) is 15.9. The maximum absolute atomic E-state index is 8.86. The lowest BCUT2D eigenvalue weighted by molar-refractivity contribution is 0.152. The van der Waals surface area contributed by atoms with Gasteiger partial charge in [-0.1, -0.05) is 13.8 Å². The molecule has 0 unspecified atom stereocenters. The Labute approximate surface area is 112 Å². The Bertz CT molecular complexity index is 213. The molecule has 0 bridgehead atoms. The molecule has 1 heterocycles. The van der Waals surface area contributed by atoms with Gasteiger partial charge < -0.3 is 15.3 Å². The van der Waals surface area contributed by atoms with Crippen LogP contribution in [0.3, 0.4) is 0 Å². The minimum Gasteiger partial charge on any atom is -0.396 e. The molecule has 1 saturated heterocycles. The summed E-state index contributed by atoms with van der Waals surface area (Å²) in [4.78, 5) is 4.93. The van der Waals surface area contributed by atoms with Crippen LogP contribution in [0.2, 0.25) is 0 Å². The SMILES string of the molecule is CN1CCN(CCNCC(C)(C)CCCO)CC1. The number of hydrogen-bond acceptors (Lipinski definition) is 4. The molecule has 1 fully saturated rings. The van der Waals surface area contributed by atoms with Gasteiger partial charge in [0.15, 0.2) is 0 Å². The Morgan fingerprint density at radius 1 is 1.17 bits per heavy atom. The van der Waals surface area contributed by atoms with E-state index in [4.69, 9.17) is 5.11 Å². The lowest BCUT2D eigenvalue weighted by Crippen LogP contribution is -2.47. The first-order valence-corrected chi connectivity index (χ1v) is 7.26. The number of piperazine rings is 1. The van der Waals surface area contributed by atoms with Crippen LogP contribution in [0, 0.1) is 5.41 Å². The van der Waals surface area contributed by atoms with E-state index in [2.05, 4.69) is 36.0 Å². The van der Waals surface area contributed by atoms with Crippen molar-refractivity contribution < 1.29 is 5.11 Å². The molecule has 108 valence electrons. The molecule has 0 aromatic rings. The monoisotopic (exact) mass is 257 g/mol. The van der Waals surface area contributed by atoms with Crippen molar-refractivity contribution >= 4 is 0 Å². The summed E-state index contributed by atoms with van der Waals surface area (Å²) in [6.07, 6.45) is 2.00. The van der Waals surface area contributed by atoms with E-state index in [1.807, 2.05) is 0 Å².